The molecule has 0 amide bonds. The molecule has 1 unspecified atom stereocenters. The Kier molecular flexibility index (Phi) is 5.02. The minimum atomic E-state index is -1.27. The van der Waals surface area contributed by atoms with Gasteiger partial charge >= 0.3 is 12.1 Å². The van der Waals surface area contributed by atoms with Gasteiger partial charge in [0.05, 0.1) is 0 Å². The first kappa shape index (κ1) is 15.1. The van der Waals surface area contributed by atoms with E-state index in [4.69, 9.17) is 15.2 Å². The molecule has 19 heavy (non-hydrogen) atoms. The molecule has 104 valence electrons. The third-order valence-corrected chi connectivity index (χ3v) is 2.19. The fraction of sp³-hybridized carbons (Fsp3) is 0.385. The second-order valence-electron chi connectivity index (χ2n) is 4.46. The molecule has 0 aliphatic carbocycles. The molecule has 0 spiro atoms. The van der Waals surface area contributed by atoms with Gasteiger partial charge in [0.15, 0.2) is 0 Å². The summed E-state index contributed by atoms with van der Waals surface area (Å²) >= 11 is 0. The van der Waals surface area contributed by atoms with E-state index in [1.54, 1.807) is 24.3 Å². The molecule has 1 aromatic carbocycles. The second-order valence-corrected chi connectivity index (χ2v) is 4.46. The standard InChI is InChI=1S/C13H17NO5/c1-13(2,14)11(15)19-12(16)18-10(17-3)9-7-5-4-6-8-9/h4-8,10H,14H2,1-3H3. The maximum atomic E-state index is 11.4. The summed E-state index contributed by atoms with van der Waals surface area (Å²) in [4.78, 5) is 22.8. The van der Waals surface area contributed by atoms with E-state index in [-0.39, 0.29) is 0 Å². The fourth-order valence-electron chi connectivity index (χ4n) is 1.18. The van der Waals surface area contributed by atoms with Gasteiger partial charge in [-0.2, -0.15) is 0 Å². The van der Waals surface area contributed by atoms with Gasteiger partial charge in [0, 0.05) is 12.7 Å². The summed E-state index contributed by atoms with van der Waals surface area (Å²) in [6.07, 6.45) is -2.10. The Morgan fingerprint density at radius 3 is 2.26 bits per heavy atom. The number of methoxy groups -OCH3 is 1. The summed E-state index contributed by atoms with van der Waals surface area (Å²) in [6.45, 7) is 2.85. The van der Waals surface area contributed by atoms with Gasteiger partial charge in [-0.25, -0.2) is 9.59 Å². The molecule has 1 rings (SSSR count). The van der Waals surface area contributed by atoms with Gasteiger partial charge in [0.1, 0.15) is 5.54 Å². The zero-order chi connectivity index (χ0) is 14.5. The first-order valence-electron chi connectivity index (χ1n) is 5.64. The van der Waals surface area contributed by atoms with E-state index in [2.05, 4.69) is 4.74 Å². The molecule has 0 aromatic heterocycles. The molecule has 1 aromatic rings. The number of hydrogen-bond donors (Lipinski definition) is 1. The van der Waals surface area contributed by atoms with Gasteiger partial charge in [-0.1, -0.05) is 30.3 Å². The Balaban J connectivity index is 2.63. The van der Waals surface area contributed by atoms with Crippen molar-refractivity contribution in [2.24, 2.45) is 5.73 Å². The molecule has 0 aliphatic rings. The van der Waals surface area contributed by atoms with E-state index in [1.165, 1.54) is 21.0 Å². The van der Waals surface area contributed by atoms with Crippen molar-refractivity contribution in [1.29, 1.82) is 0 Å². The van der Waals surface area contributed by atoms with E-state index in [0.717, 1.165) is 0 Å². The maximum absolute atomic E-state index is 11.4. The minimum absolute atomic E-state index is 0.626. The van der Waals surface area contributed by atoms with Gasteiger partial charge < -0.3 is 19.9 Å². The Morgan fingerprint density at radius 2 is 1.79 bits per heavy atom. The van der Waals surface area contributed by atoms with Crippen LogP contribution in [0.15, 0.2) is 30.3 Å². The third-order valence-electron chi connectivity index (χ3n) is 2.19. The molecule has 6 nitrogen and oxygen atoms in total. The topological polar surface area (TPSA) is 87.9 Å². The summed E-state index contributed by atoms with van der Waals surface area (Å²) in [5.74, 6) is -0.875. The molecular formula is C13H17NO5. The number of hydrogen-bond acceptors (Lipinski definition) is 6. The molecule has 0 saturated carbocycles. The zero-order valence-electron chi connectivity index (χ0n) is 11.1. The number of carbonyl (C=O) groups excluding carboxylic acids is 2. The van der Waals surface area contributed by atoms with Crippen molar-refractivity contribution in [1.82, 2.24) is 0 Å². The van der Waals surface area contributed by atoms with Crippen LogP contribution < -0.4 is 5.73 Å². The minimum Gasteiger partial charge on any atom is -0.399 e. The van der Waals surface area contributed by atoms with Gasteiger partial charge in [0.2, 0.25) is 6.29 Å². The number of nitrogens with two attached hydrogens (primary N) is 1. The molecule has 0 saturated heterocycles. The lowest BCUT2D eigenvalue weighted by atomic mass is 10.1. The maximum Gasteiger partial charge on any atom is 0.518 e. The Morgan fingerprint density at radius 1 is 1.21 bits per heavy atom. The average molecular weight is 267 g/mol. The quantitative estimate of drug-likeness (QED) is 0.508. The van der Waals surface area contributed by atoms with Gasteiger partial charge in [-0.05, 0) is 13.8 Å². The van der Waals surface area contributed by atoms with Crippen molar-refractivity contribution in [3.05, 3.63) is 35.9 Å². The van der Waals surface area contributed by atoms with Crippen LogP contribution in [0.4, 0.5) is 4.79 Å². The Bertz CT molecular complexity index is 438. The summed E-state index contributed by atoms with van der Waals surface area (Å²) in [7, 11) is 1.37. The first-order valence-corrected chi connectivity index (χ1v) is 5.64. The Hall–Kier alpha value is -1.92. The fourth-order valence-corrected chi connectivity index (χ4v) is 1.18. The highest BCUT2D eigenvalue weighted by molar-refractivity contribution is 5.87. The zero-order valence-corrected chi connectivity index (χ0v) is 11.1. The van der Waals surface area contributed by atoms with E-state index in [1.807, 2.05) is 6.07 Å². The van der Waals surface area contributed by atoms with Crippen molar-refractivity contribution < 1.29 is 23.8 Å². The van der Waals surface area contributed by atoms with Crippen molar-refractivity contribution in [3.8, 4) is 0 Å². The van der Waals surface area contributed by atoms with E-state index < -0.39 is 24.0 Å². The molecule has 0 fully saturated rings. The largest absolute Gasteiger partial charge is 0.518 e. The highest BCUT2D eigenvalue weighted by atomic mass is 16.8. The SMILES string of the molecule is COC(OC(=O)OC(=O)C(C)(C)N)c1ccccc1. The Labute approximate surface area is 111 Å². The molecule has 6 heteroatoms. The van der Waals surface area contributed by atoms with Crippen molar-refractivity contribution in [2.75, 3.05) is 7.11 Å². The van der Waals surface area contributed by atoms with E-state index >= 15 is 0 Å². The molecule has 0 radical (unpaired) electrons. The average Bonchev–Trinajstić information content (AvgIpc) is 2.35. The van der Waals surface area contributed by atoms with Crippen LogP contribution in [-0.2, 0) is 19.0 Å². The highest BCUT2D eigenvalue weighted by Crippen LogP contribution is 2.18. The van der Waals surface area contributed by atoms with Crippen LogP contribution in [0.1, 0.15) is 25.7 Å². The number of esters is 1. The lowest BCUT2D eigenvalue weighted by Gasteiger charge is -2.18. The highest BCUT2D eigenvalue weighted by Gasteiger charge is 2.28. The van der Waals surface area contributed by atoms with Gasteiger partial charge in [-0.3, -0.25) is 0 Å². The number of carbonyl (C=O) groups is 2. The summed E-state index contributed by atoms with van der Waals surface area (Å²) in [6, 6.07) is 8.79. The molecule has 2 N–H and O–H groups in total. The van der Waals surface area contributed by atoms with Crippen LogP contribution in [0.5, 0.6) is 0 Å². The lowest BCUT2D eigenvalue weighted by molar-refractivity contribution is -0.152. The van der Waals surface area contributed by atoms with Crippen molar-refractivity contribution in [3.63, 3.8) is 0 Å². The predicted molar refractivity (Wildman–Crippen MR) is 67.0 cm³/mol. The van der Waals surface area contributed by atoms with Crippen LogP contribution in [-0.4, -0.2) is 24.8 Å². The molecule has 1 atom stereocenters. The predicted octanol–water partition coefficient (Wildman–Crippen LogP) is 1.75. The monoisotopic (exact) mass is 267 g/mol. The lowest BCUT2D eigenvalue weighted by Crippen LogP contribution is -2.43. The van der Waals surface area contributed by atoms with Crippen LogP contribution >= 0.6 is 0 Å². The number of benzene rings is 1. The normalized spacial score (nSPS) is 12.6. The van der Waals surface area contributed by atoms with Gasteiger partial charge in [0.25, 0.3) is 0 Å². The number of ether oxygens (including phenoxy) is 3. The van der Waals surface area contributed by atoms with Crippen LogP contribution in [0.2, 0.25) is 0 Å². The molecule has 0 heterocycles. The van der Waals surface area contributed by atoms with E-state index in [0.29, 0.717) is 5.56 Å². The van der Waals surface area contributed by atoms with Crippen molar-refractivity contribution >= 4 is 12.1 Å². The van der Waals surface area contributed by atoms with Crippen LogP contribution in [0.25, 0.3) is 0 Å². The van der Waals surface area contributed by atoms with Gasteiger partial charge in [-0.15, -0.1) is 0 Å². The summed E-state index contributed by atoms with van der Waals surface area (Å²) in [5.41, 5.74) is 4.84. The van der Waals surface area contributed by atoms with Crippen LogP contribution in [0, 0.1) is 0 Å². The smallest absolute Gasteiger partial charge is 0.399 e. The molecule has 0 bridgehead atoms. The first-order chi connectivity index (χ1) is 8.84. The molecule has 0 aliphatic heterocycles. The summed E-state index contributed by atoms with van der Waals surface area (Å²) in [5, 5.41) is 0. The third kappa shape index (κ3) is 4.69. The van der Waals surface area contributed by atoms with Crippen molar-refractivity contribution in [2.45, 2.75) is 25.7 Å². The number of rotatable bonds is 4. The second kappa shape index (κ2) is 6.31. The summed E-state index contributed by atoms with van der Waals surface area (Å²) < 4.78 is 14.4. The van der Waals surface area contributed by atoms with Crippen LogP contribution in [0.3, 0.4) is 0 Å². The molecular weight excluding hydrogens is 250 g/mol. The van der Waals surface area contributed by atoms with E-state index in [9.17, 15) is 9.59 Å².